The van der Waals surface area contributed by atoms with Gasteiger partial charge in [0.1, 0.15) is 0 Å². The quantitative estimate of drug-likeness (QED) is 0.742. The van der Waals surface area contributed by atoms with Crippen LogP contribution in [0.25, 0.3) is 10.4 Å². The van der Waals surface area contributed by atoms with Crippen LogP contribution >= 0.6 is 27.3 Å². The minimum absolute atomic E-state index is 1.02. The van der Waals surface area contributed by atoms with Gasteiger partial charge < -0.3 is 0 Å². The van der Waals surface area contributed by atoms with Crippen LogP contribution in [0.5, 0.6) is 0 Å². The topological polar surface area (TPSA) is 12.9 Å². The maximum absolute atomic E-state index is 4.10. The number of hydrogen-bond donors (Lipinski definition) is 0. The average molecular weight is 240 g/mol. The first-order valence-corrected chi connectivity index (χ1v) is 5.18. The smallest absolute Gasteiger partial charge is 0.0410 e. The lowest BCUT2D eigenvalue weighted by Gasteiger charge is -1.95. The van der Waals surface area contributed by atoms with E-state index in [-0.39, 0.29) is 0 Å². The Morgan fingerprint density at radius 3 is 2.92 bits per heavy atom. The molecular formula is C9H6BrNS. The fraction of sp³-hybridized carbons (Fsp3) is 0. The lowest BCUT2D eigenvalue weighted by molar-refractivity contribution is 1.31. The molecule has 0 N–H and O–H groups in total. The van der Waals surface area contributed by atoms with Gasteiger partial charge in [-0.15, -0.1) is 11.3 Å². The first kappa shape index (κ1) is 7.95. The molecular weight excluding hydrogens is 234 g/mol. The maximum Gasteiger partial charge on any atom is 0.0410 e. The van der Waals surface area contributed by atoms with Gasteiger partial charge in [0.15, 0.2) is 0 Å². The third-order valence-corrected chi connectivity index (χ3v) is 2.86. The van der Waals surface area contributed by atoms with Crippen LogP contribution in [-0.4, -0.2) is 4.98 Å². The zero-order valence-corrected chi connectivity index (χ0v) is 8.60. The summed E-state index contributed by atoms with van der Waals surface area (Å²) in [4.78, 5) is 5.35. The Bertz CT molecular complexity index is 370. The van der Waals surface area contributed by atoms with E-state index in [0.717, 1.165) is 4.47 Å². The Morgan fingerprint density at radius 1 is 1.33 bits per heavy atom. The zero-order valence-electron chi connectivity index (χ0n) is 6.20. The van der Waals surface area contributed by atoms with Gasteiger partial charge in [0.25, 0.3) is 0 Å². The highest BCUT2D eigenvalue weighted by atomic mass is 79.9. The number of hydrogen-bond acceptors (Lipinski definition) is 2. The van der Waals surface area contributed by atoms with Gasteiger partial charge in [-0.25, -0.2) is 0 Å². The molecule has 0 aromatic carbocycles. The summed E-state index contributed by atoms with van der Waals surface area (Å²) in [5, 5.41) is 2.07. The molecule has 2 aromatic rings. The van der Waals surface area contributed by atoms with Crippen molar-refractivity contribution in [2.45, 2.75) is 0 Å². The van der Waals surface area contributed by atoms with Crippen LogP contribution in [0.1, 0.15) is 0 Å². The molecule has 3 heteroatoms. The second kappa shape index (κ2) is 3.37. The Hall–Kier alpha value is -0.670. The normalized spacial score (nSPS) is 10.1. The summed E-state index contributed by atoms with van der Waals surface area (Å²) in [5.41, 5.74) is 1.17. The zero-order chi connectivity index (χ0) is 8.39. The fourth-order valence-corrected chi connectivity index (χ4v) is 2.06. The molecule has 0 aliphatic rings. The summed E-state index contributed by atoms with van der Waals surface area (Å²) >= 11 is 5.11. The van der Waals surface area contributed by atoms with Gasteiger partial charge in [0, 0.05) is 27.3 Å². The predicted molar refractivity (Wildman–Crippen MR) is 55.3 cm³/mol. The van der Waals surface area contributed by atoms with Crippen molar-refractivity contribution < 1.29 is 0 Å². The van der Waals surface area contributed by atoms with E-state index in [1.54, 1.807) is 17.5 Å². The molecule has 0 saturated heterocycles. The first-order valence-electron chi connectivity index (χ1n) is 3.51. The minimum atomic E-state index is 1.02. The molecule has 0 fully saturated rings. The molecule has 12 heavy (non-hydrogen) atoms. The van der Waals surface area contributed by atoms with E-state index in [1.165, 1.54) is 10.4 Å². The van der Waals surface area contributed by atoms with Gasteiger partial charge in [-0.1, -0.05) is 6.07 Å². The van der Waals surface area contributed by atoms with Crippen molar-refractivity contribution in [2.24, 2.45) is 0 Å². The molecule has 0 radical (unpaired) electrons. The monoisotopic (exact) mass is 239 g/mol. The van der Waals surface area contributed by atoms with E-state index < -0.39 is 0 Å². The lowest BCUT2D eigenvalue weighted by Crippen LogP contribution is -1.75. The number of rotatable bonds is 1. The van der Waals surface area contributed by atoms with Crippen LogP contribution in [0, 0.1) is 0 Å². The average Bonchev–Trinajstić information content (AvgIpc) is 2.56. The third kappa shape index (κ3) is 1.57. The highest BCUT2D eigenvalue weighted by Crippen LogP contribution is 2.25. The number of pyridine rings is 1. The molecule has 2 aromatic heterocycles. The Labute approximate surface area is 83.2 Å². The molecule has 2 rings (SSSR count). The highest BCUT2D eigenvalue weighted by Gasteiger charge is 1.98. The molecule has 1 nitrogen and oxygen atoms in total. The molecule has 60 valence electrons. The van der Waals surface area contributed by atoms with Crippen LogP contribution in [-0.2, 0) is 0 Å². The molecule has 0 unspecified atom stereocenters. The predicted octanol–water partition coefficient (Wildman–Crippen LogP) is 3.57. The van der Waals surface area contributed by atoms with Crippen molar-refractivity contribution in [1.29, 1.82) is 0 Å². The minimum Gasteiger partial charge on any atom is -0.263 e. The van der Waals surface area contributed by atoms with E-state index in [4.69, 9.17) is 0 Å². The van der Waals surface area contributed by atoms with Crippen LogP contribution in [0.3, 0.4) is 0 Å². The summed E-state index contributed by atoms with van der Waals surface area (Å²) in [6, 6.07) is 6.20. The van der Waals surface area contributed by atoms with E-state index in [1.807, 2.05) is 12.3 Å². The van der Waals surface area contributed by atoms with Crippen molar-refractivity contribution >= 4 is 27.3 Å². The molecule has 0 spiro atoms. The third-order valence-electron chi connectivity index (χ3n) is 1.51. The fourth-order valence-electron chi connectivity index (χ4n) is 0.989. The Morgan fingerprint density at radius 2 is 2.25 bits per heavy atom. The molecule has 0 aliphatic heterocycles. The number of halogens is 1. The van der Waals surface area contributed by atoms with Gasteiger partial charge in [0.2, 0.25) is 0 Å². The number of nitrogens with zero attached hydrogens (tertiary/aromatic N) is 1. The van der Waals surface area contributed by atoms with Crippen molar-refractivity contribution in [3.8, 4) is 10.4 Å². The van der Waals surface area contributed by atoms with Crippen molar-refractivity contribution in [1.82, 2.24) is 4.98 Å². The van der Waals surface area contributed by atoms with Gasteiger partial charge in [0.05, 0.1) is 0 Å². The lowest BCUT2D eigenvalue weighted by atomic mass is 10.2. The molecule has 0 atom stereocenters. The standard InChI is InChI=1S/C9H6BrNS/c10-8-4-7(5-11-6-8)9-2-1-3-12-9/h1-6H. The van der Waals surface area contributed by atoms with Crippen LogP contribution in [0.4, 0.5) is 0 Å². The Kier molecular flexibility index (Phi) is 2.23. The van der Waals surface area contributed by atoms with Crippen molar-refractivity contribution in [3.05, 3.63) is 40.4 Å². The van der Waals surface area contributed by atoms with Crippen LogP contribution < -0.4 is 0 Å². The second-order valence-corrected chi connectivity index (χ2v) is 4.23. The highest BCUT2D eigenvalue weighted by molar-refractivity contribution is 9.10. The van der Waals surface area contributed by atoms with Gasteiger partial charge in [-0.3, -0.25) is 4.98 Å². The Balaban J connectivity index is 2.48. The molecule has 0 aliphatic carbocycles. The van der Waals surface area contributed by atoms with Gasteiger partial charge >= 0.3 is 0 Å². The largest absolute Gasteiger partial charge is 0.263 e. The van der Waals surface area contributed by atoms with Crippen LogP contribution in [0.2, 0.25) is 0 Å². The van der Waals surface area contributed by atoms with E-state index in [9.17, 15) is 0 Å². The summed E-state index contributed by atoms with van der Waals surface area (Å²) < 4.78 is 1.02. The first-order chi connectivity index (χ1) is 5.86. The summed E-state index contributed by atoms with van der Waals surface area (Å²) in [7, 11) is 0. The van der Waals surface area contributed by atoms with Gasteiger partial charge in [-0.05, 0) is 33.4 Å². The maximum atomic E-state index is 4.10. The summed E-state index contributed by atoms with van der Waals surface area (Å²) in [6.45, 7) is 0. The van der Waals surface area contributed by atoms with E-state index in [2.05, 4.69) is 38.4 Å². The number of thiophene rings is 1. The van der Waals surface area contributed by atoms with Crippen LogP contribution in [0.15, 0.2) is 40.4 Å². The number of aromatic nitrogens is 1. The molecule has 2 heterocycles. The SMILES string of the molecule is Brc1cncc(-c2cccs2)c1. The summed E-state index contributed by atoms with van der Waals surface area (Å²) in [5.74, 6) is 0. The molecule has 0 bridgehead atoms. The molecule has 0 saturated carbocycles. The summed E-state index contributed by atoms with van der Waals surface area (Å²) in [6.07, 6.45) is 3.66. The van der Waals surface area contributed by atoms with E-state index in [0.29, 0.717) is 0 Å². The van der Waals surface area contributed by atoms with Crippen molar-refractivity contribution in [2.75, 3.05) is 0 Å². The van der Waals surface area contributed by atoms with Crippen molar-refractivity contribution in [3.63, 3.8) is 0 Å². The van der Waals surface area contributed by atoms with E-state index >= 15 is 0 Å². The molecule has 0 amide bonds. The second-order valence-electron chi connectivity index (χ2n) is 2.37. The van der Waals surface area contributed by atoms with Gasteiger partial charge in [-0.2, -0.15) is 0 Å².